The van der Waals surface area contributed by atoms with Crippen LogP contribution >= 0.6 is 0 Å². The molecule has 0 amide bonds. The Kier molecular flexibility index (Phi) is 2.40. The van der Waals surface area contributed by atoms with E-state index < -0.39 is 5.97 Å². The van der Waals surface area contributed by atoms with Gasteiger partial charge < -0.3 is 4.74 Å². The van der Waals surface area contributed by atoms with Crippen molar-refractivity contribution in [3.05, 3.63) is 36.9 Å². The van der Waals surface area contributed by atoms with Crippen LogP contribution in [0.25, 0.3) is 5.78 Å². The van der Waals surface area contributed by atoms with Gasteiger partial charge in [-0.3, -0.25) is 4.40 Å². The molecule has 15 heavy (non-hydrogen) atoms. The van der Waals surface area contributed by atoms with Crippen molar-refractivity contribution >= 4 is 11.7 Å². The highest BCUT2D eigenvalue weighted by Gasteiger charge is 2.08. The average molecular weight is 204 g/mol. The van der Waals surface area contributed by atoms with Crippen LogP contribution in [0.3, 0.4) is 0 Å². The second-order valence-electron chi connectivity index (χ2n) is 2.77. The molecule has 0 unspecified atom stereocenters. The second kappa shape index (κ2) is 3.87. The van der Waals surface area contributed by atoms with E-state index in [1.54, 1.807) is 10.6 Å². The molecule has 2 aromatic rings. The molecule has 2 aromatic heterocycles. The SMILES string of the molecule is C=CCOC(=O)c1cnc2nncn2c1. The highest BCUT2D eigenvalue weighted by Crippen LogP contribution is 2.01. The molecule has 0 atom stereocenters. The minimum atomic E-state index is -0.446. The molecular weight excluding hydrogens is 196 g/mol. The third-order valence-electron chi connectivity index (χ3n) is 1.72. The molecular formula is C9H8N4O2. The van der Waals surface area contributed by atoms with Crippen molar-refractivity contribution in [2.24, 2.45) is 0 Å². The first-order valence-electron chi connectivity index (χ1n) is 4.24. The summed E-state index contributed by atoms with van der Waals surface area (Å²) in [4.78, 5) is 15.3. The lowest BCUT2D eigenvalue weighted by Crippen LogP contribution is -2.06. The largest absolute Gasteiger partial charge is 0.458 e. The Morgan fingerprint density at radius 1 is 1.67 bits per heavy atom. The van der Waals surface area contributed by atoms with Crippen LogP contribution in [0.15, 0.2) is 31.4 Å². The van der Waals surface area contributed by atoms with Crippen molar-refractivity contribution in [3.8, 4) is 0 Å². The van der Waals surface area contributed by atoms with Crippen LogP contribution in [-0.4, -0.2) is 32.2 Å². The van der Waals surface area contributed by atoms with Gasteiger partial charge in [0.05, 0.1) is 5.56 Å². The van der Waals surface area contributed by atoms with Gasteiger partial charge in [-0.15, -0.1) is 10.2 Å². The van der Waals surface area contributed by atoms with Crippen molar-refractivity contribution in [2.75, 3.05) is 6.61 Å². The van der Waals surface area contributed by atoms with Crippen LogP contribution in [0.5, 0.6) is 0 Å². The average Bonchev–Trinajstić information content (AvgIpc) is 2.72. The lowest BCUT2D eigenvalue weighted by atomic mass is 10.3. The van der Waals surface area contributed by atoms with Crippen molar-refractivity contribution in [2.45, 2.75) is 0 Å². The number of carbonyl (C=O) groups is 1. The first-order valence-corrected chi connectivity index (χ1v) is 4.24. The number of aromatic nitrogens is 4. The molecule has 0 spiro atoms. The number of ether oxygens (including phenoxy) is 1. The van der Waals surface area contributed by atoms with E-state index in [9.17, 15) is 4.79 Å². The van der Waals surface area contributed by atoms with E-state index in [4.69, 9.17) is 4.74 Å². The van der Waals surface area contributed by atoms with Crippen LogP contribution in [-0.2, 0) is 4.74 Å². The molecule has 6 heteroatoms. The summed E-state index contributed by atoms with van der Waals surface area (Å²) in [7, 11) is 0. The molecule has 0 radical (unpaired) electrons. The van der Waals surface area contributed by atoms with E-state index in [1.807, 2.05) is 0 Å². The number of carbonyl (C=O) groups excluding carboxylic acids is 1. The van der Waals surface area contributed by atoms with E-state index >= 15 is 0 Å². The van der Waals surface area contributed by atoms with Gasteiger partial charge in [0.2, 0.25) is 0 Å². The van der Waals surface area contributed by atoms with Crippen LogP contribution in [0.4, 0.5) is 0 Å². The van der Waals surface area contributed by atoms with Gasteiger partial charge in [-0.1, -0.05) is 12.7 Å². The third kappa shape index (κ3) is 1.83. The van der Waals surface area contributed by atoms with Crippen molar-refractivity contribution in [1.82, 2.24) is 19.6 Å². The maximum Gasteiger partial charge on any atom is 0.341 e. The molecule has 0 aromatic carbocycles. The van der Waals surface area contributed by atoms with Crippen molar-refractivity contribution in [3.63, 3.8) is 0 Å². The molecule has 0 saturated carbocycles. The summed E-state index contributed by atoms with van der Waals surface area (Å²) in [6, 6.07) is 0. The van der Waals surface area contributed by atoms with E-state index in [2.05, 4.69) is 21.8 Å². The Morgan fingerprint density at radius 2 is 2.53 bits per heavy atom. The van der Waals surface area contributed by atoms with E-state index in [1.165, 1.54) is 18.6 Å². The number of fused-ring (bicyclic) bond motifs is 1. The maximum absolute atomic E-state index is 11.4. The zero-order valence-corrected chi connectivity index (χ0v) is 7.83. The molecule has 0 aliphatic heterocycles. The number of rotatable bonds is 3. The number of nitrogens with zero attached hydrogens (tertiary/aromatic N) is 4. The van der Waals surface area contributed by atoms with Crippen LogP contribution in [0, 0.1) is 0 Å². The third-order valence-corrected chi connectivity index (χ3v) is 1.72. The quantitative estimate of drug-likeness (QED) is 0.536. The summed E-state index contributed by atoms with van der Waals surface area (Å²) in [5, 5.41) is 7.36. The Labute approximate surface area is 85.2 Å². The van der Waals surface area contributed by atoms with Gasteiger partial charge in [-0.25, -0.2) is 9.78 Å². The Hall–Kier alpha value is -2.24. The molecule has 76 valence electrons. The molecule has 2 heterocycles. The van der Waals surface area contributed by atoms with E-state index in [0.29, 0.717) is 11.3 Å². The smallest absolute Gasteiger partial charge is 0.341 e. The fourth-order valence-corrected chi connectivity index (χ4v) is 1.05. The van der Waals surface area contributed by atoms with Gasteiger partial charge in [0.25, 0.3) is 5.78 Å². The first kappa shape index (κ1) is 9.32. The number of esters is 1. The van der Waals surface area contributed by atoms with Crippen LogP contribution < -0.4 is 0 Å². The van der Waals surface area contributed by atoms with Gasteiger partial charge in [0, 0.05) is 12.4 Å². The normalized spacial score (nSPS) is 10.1. The lowest BCUT2D eigenvalue weighted by molar-refractivity contribution is 0.0548. The van der Waals surface area contributed by atoms with Crippen LogP contribution in [0.2, 0.25) is 0 Å². The fraction of sp³-hybridized carbons (Fsp3) is 0.111. The molecule has 6 nitrogen and oxygen atoms in total. The Bertz CT molecular complexity index is 506. The molecule has 0 saturated heterocycles. The highest BCUT2D eigenvalue weighted by atomic mass is 16.5. The standard InChI is InChI=1S/C9H8N4O2/c1-2-3-15-8(14)7-4-10-9-12-11-6-13(9)5-7/h2,4-6H,1,3H2. The zero-order chi connectivity index (χ0) is 10.7. The summed E-state index contributed by atoms with van der Waals surface area (Å²) < 4.78 is 6.40. The number of hydrogen-bond donors (Lipinski definition) is 0. The van der Waals surface area contributed by atoms with Gasteiger partial charge in [-0.05, 0) is 0 Å². The maximum atomic E-state index is 11.4. The van der Waals surface area contributed by atoms with Gasteiger partial charge in [0.1, 0.15) is 12.9 Å². The summed E-state index contributed by atoms with van der Waals surface area (Å²) >= 11 is 0. The van der Waals surface area contributed by atoms with Crippen LogP contribution in [0.1, 0.15) is 10.4 Å². The summed E-state index contributed by atoms with van der Waals surface area (Å²) in [6.45, 7) is 3.63. The van der Waals surface area contributed by atoms with Gasteiger partial charge >= 0.3 is 5.97 Å². The zero-order valence-electron chi connectivity index (χ0n) is 7.83. The minimum Gasteiger partial charge on any atom is -0.458 e. The second-order valence-corrected chi connectivity index (χ2v) is 2.77. The molecule has 0 N–H and O–H groups in total. The summed E-state index contributed by atoms with van der Waals surface area (Å²) in [5.41, 5.74) is 0.351. The first-order chi connectivity index (χ1) is 7.31. The topological polar surface area (TPSA) is 69.4 Å². The predicted octanol–water partition coefficient (Wildman–Crippen LogP) is 0.467. The molecule has 2 rings (SSSR count). The van der Waals surface area contributed by atoms with E-state index in [0.717, 1.165) is 0 Å². The van der Waals surface area contributed by atoms with Gasteiger partial charge in [0.15, 0.2) is 0 Å². The molecule has 0 aliphatic rings. The predicted molar refractivity (Wildman–Crippen MR) is 51.3 cm³/mol. The fourth-order valence-electron chi connectivity index (χ4n) is 1.05. The summed E-state index contributed by atoms with van der Waals surface area (Å²) in [6.07, 6.45) is 5.93. The Balaban J connectivity index is 2.27. The summed E-state index contributed by atoms with van der Waals surface area (Å²) in [5.74, 6) is -0.00623. The number of hydrogen-bond acceptors (Lipinski definition) is 5. The molecule has 0 aliphatic carbocycles. The minimum absolute atomic E-state index is 0.180. The lowest BCUT2D eigenvalue weighted by Gasteiger charge is -2.00. The van der Waals surface area contributed by atoms with Crippen molar-refractivity contribution in [1.29, 1.82) is 0 Å². The molecule has 0 fully saturated rings. The van der Waals surface area contributed by atoms with Crippen molar-refractivity contribution < 1.29 is 9.53 Å². The Morgan fingerprint density at radius 3 is 3.33 bits per heavy atom. The highest BCUT2D eigenvalue weighted by molar-refractivity contribution is 5.88. The van der Waals surface area contributed by atoms with Gasteiger partial charge in [-0.2, -0.15) is 0 Å². The molecule has 0 bridgehead atoms. The van der Waals surface area contributed by atoms with E-state index in [-0.39, 0.29) is 6.61 Å². The monoisotopic (exact) mass is 204 g/mol.